The van der Waals surface area contributed by atoms with Gasteiger partial charge in [0.05, 0.1) is 30.4 Å². The van der Waals surface area contributed by atoms with Crippen LogP contribution in [-0.4, -0.2) is 31.2 Å². The van der Waals surface area contributed by atoms with Crippen LogP contribution in [0.25, 0.3) is 10.4 Å². The Morgan fingerprint density at radius 1 is 1.35 bits per heavy atom. The van der Waals surface area contributed by atoms with Gasteiger partial charge in [-0.05, 0) is 50.6 Å². The predicted octanol–water partition coefficient (Wildman–Crippen LogP) is 4.28. The van der Waals surface area contributed by atoms with Crippen molar-refractivity contribution in [3.8, 4) is 6.07 Å². The average molecular weight is 427 g/mol. The lowest BCUT2D eigenvalue weighted by atomic mass is 9.93. The topological polar surface area (TPSA) is 128 Å². The molecule has 9 nitrogen and oxygen atoms in total. The second-order valence-corrected chi connectivity index (χ2v) is 6.69. The van der Waals surface area contributed by atoms with Crippen LogP contribution in [0.2, 0.25) is 0 Å². The number of carbonyl (C=O) groups excluding carboxylic acids is 2. The molecule has 1 aliphatic heterocycles. The van der Waals surface area contributed by atoms with E-state index in [-0.39, 0.29) is 37.4 Å². The van der Waals surface area contributed by atoms with Gasteiger partial charge >= 0.3 is 5.97 Å². The summed E-state index contributed by atoms with van der Waals surface area (Å²) in [5.74, 6) is -1.36. The molecule has 0 saturated carbocycles. The fourth-order valence-corrected chi connectivity index (χ4v) is 3.12. The van der Waals surface area contributed by atoms with Crippen molar-refractivity contribution < 1.29 is 23.5 Å². The number of anilines is 1. The number of ether oxygens (including phenoxy) is 2. The van der Waals surface area contributed by atoms with Gasteiger partial charge in [-0.25, -0.2) is 9.18 Å². The van der Waals surface area contributed by atoms with Gasteiger partial charge in [0, 0.05) is 28.3 Å². The van der Waals surface area contributed by atoms with Crippen molar-refractivity contribution in [2.75, 3.05) is 18.1 Å². The van der Waals surface area contributed by atoms with E-state index in [2.05, 4.69) is 10.0 Å². The molecule has 1 aromatic carbocycles. The Kier molecular flexibility index (Phi) is 8.32. The Morgan fingerprint density at radius 2 is 2.03 bits per heavy atom. The van der Waals surface area contributed by atoms with E-state index in [9.17, 15) is 14.0 Å². The molecule has 0 spiro atoms. The highest BCUT2D eigenvalue weighted by molar-refractivity contribution is 6.00. The number of nitrogens with zero attached hydrogens (tertiary/aromatic N) is 5. The highest BCUT2D eigenvalue weighted by Gasteiger charge is 2.32. The van der Waals surface area contributed by atoms with Gasteiger partial charge in [0.15, 0.2) is 5.78 Å². The lowest BCUT2D eigenvalue weighted by Crippen LogP contribution is -2.34. The van der Waals surface area contributed by atoms with Gasteiger partial charge in [-0.2, -0.15) is 5.26 Å². The van der Waals surface area contributed by atoms with Gasteiger partial charge in [0.1, 0.15) is 18.7 Å². The number of Topliss-reactive ketones (excluding diaryl/α,β-unsaturated/α-hetero) is 1. The third-order valence-electron chi connectivity index (χ3n) is 4.62. The number of azide groups is 1. The molecule has 1 aromatic rings. The quantitative estimate of drug-likeness (QED) is 0.190. The molecule has 2 rings (SSSR count). The van der Waals surface area contributed by atoms with Crippen LogP contribution in [0.4, 0.5) is 10.1 Å². The number of halogens is 1. The second kappa shape index (κ2) is 10.9. The highest BCUT2D eigenvalue weighted by atomic mass is 19.1. The third kappa shape index (κ3) is 5.92. The SMILES string of the molecule is CC(=O)C1=C(C)N(c2ccc(F)cc2)C(COC(C)N=[N+]=[N-])=C(C(=O)OCCC#N)C1. The van der Waals surface area contributed by atoms with E-state index < -0.39 is 18.0 Å². The van der Waals surface area contributed by atoms with E-state index in [1.165, 1.54) is 31.2 Å². The molecular formula is C21H22FN5O4. The van der Waals surface area contributed by atoms with E-state index in [0.717, 1.165) is 0 Å². The van der Waals surface area contributed by atoms with Crippen molar-refractivity contribution in [2.45, 2.75) is 39.8 Å². The Balaban J connectivity index is 2.58. The molecule has 0 aromatic heterocycles. The first-order valence-electron chi connectivity index (χ1n) is 9.48. The van der Waals surface area contributed by atoms with Crippen molar-refractivity contribution >= 4 is 17.4 Å². The Bertz CT molecular complexity index is 1000. The van der Waals surface area contributed by atoms with Crippen molar-refractivity contribution in [1.82, 2.24) is 0 Å². The third-order valence-corrected chi connectivity index (χ3v) is 4.62. The molecule has 31 heavy (non-hydrogen) atoms. The summed E-state index contributed by atoms with van der Waals surface area (Å²) in [7, 11) is 0. The maximum absolute atomic E-state index is 13.5. The molecule has 1 aliphatic rings. The minimum Gasteiger partial charge on any atom is -0.461 e. The first-order valence-corrected chi connectivity index (χ1v) is 9.48. The number of hydrogen-bond acceptors (Lipinski definition) is 7. The zero-order valence-electron chi connectivity index (χ0n) is 17.5. The van der Waals surface area contributed by atoms with Crippen molar-refractivity contribution in [1.29, 1.82) is 5.26 Å². The summed E-state index contributed by atoms with van der Waals surface area (Å²) in [4.78, 5) is 29.4. The Labute approximate surface area is 179 Å². The van der Waals surface area contributed by atoms with Gasteiger partial charge in [-0.3, -0.25) is 4.79 Å². The number of allylic oxidation sites excluding steroid dienone is 2. The summed E-state index contributed by atoms with van der Waals surface area (Å²) in [6.45, 7) is 4.42. The average Bonchev–Trinajstić information content (AvgIpc) is 2.73. The van der Waals surface area contributed by atoms with Gasteiger partial charge in [0.2, 0.25) is 0 Å². The largest absolute Gasteiger partial charge is 0.461 e. The first kappa shape index (κ1) is 23.6. The standard InChI is InChI=1S/C21H22FN5O4/c1-13-18(14(2)28)11-19(21(29)30-10-4-9-23)20(12-31-15(3)25-26-24)27(13)17-7-5-16(22)6-8-17/h5-8,15H,4,10-12H2,1-3H3. The minimum absolute atomic E-state index is 0.0127. The van der Waals surface area contributed by atoms with E-state index in [1.807, 2.05) is 6.07 Å². The van der Waals surface area contributed by atoms with Crippen LogP contribution in [0, 0.1) is 17.1 Å². The molecule has 0 aliphatic carbocycles. The normalized spacial score (nSPS) is 14.6. The van der Waals surface area contributed by atoms with Gasteiger partial charge in [-0.1, -0.05) is 5.11 Å². The minimum atomic E-state index is -0.818. The van der Waals surface area contributed by atoms with E-state index in [0.29, 0.717) is 22.7 Å². The second-order valence-electron chi connectivity index (χ2n) is 6.69. The summed E-state index contributed by atoms with van der Waals surface area (Å²) in [6.07, 6.45) is -0.782. The van der Waals surface area contributed by atoms with E-state index >= 15 is 0 Å². The molecule has 1 atom stereocenters. The molecule has 0 saturated heterocycles. The molecule has 0 N–H and O–H groups in total. The number of hydrogen-bond donors (Lipinski definition) is 0. The number of nitriles is 1. The summed E-state index contributed by atoms with van der Waals surface area (Å²) >= 11 is 0. The van der Waals surface area contributed by atoms with Crippen LogP contribution in [0.15, 0.2) is 51.9 Å². The summed E-state index contributed by atoms with van der Waals surface area (Å²) < 4.78 is 24.3. The van der Waals surface area contributed by atoms with E-state index in [1.54, 1.807) is 18.7 Å². The summed E-state index contributed by atoms with van der Waals surface area (Å²) in [5.41, 5.74) is 10.6. The van der Waals surface area contributed by atoms with Gasteiger partial charge < -0.3 is 14.4 Å². The van der Waals surface area contributed by atoms with Crippen molar-refractivity contribution in [3.63, 3.8) is 0 Å². The number of carbonyl (C=O) groups is 2. The van der Waals surface area contributed by atoms with Crippen LogP contribution in [0.5, 0.6) is 0 Å². The molecular weight excluding hydrogens is 405 g/mol. The monoisotopic (exact) mass is 427 g/mol. The number of benzene rings is 1. The predicted molar refractivity (Wildman–Crippen MR) is 110 cm³/mol. The Morgan fingerprint density at radius 3 is 2.61 bits per heavy atom. The molecule has 0 fully saturated rings. The van der Waals surface area contributed by atoms with E-state index in [4.69, 9.17) is 20.3 Å². The van der Waals surface area contributed by atoms with Crippen LogP contribution in [0.3, 0.4) is 0 Å². The smallest absolute Gasteiger partial charge is 0.336 e. The first-order chi connectivity index (χ1) is 14.8. The van der Waals surface area contributed by atoms with Crippen LogP contribution in [0.1, 0.15) is 33.6 Å². The lowest BCUT2D eigenvalue weighted by molar-refractivity contribution is -0.139. The van der Waals surface area contributed by atoms with Gasteiger partial charge in [-0.15, -0.1) is 0 Å². The lowest BCUT2D eigenvalue weighted by Gasteiger charge is -2.35. The summed E-state index contributed by atoms with van der Waals surface area (Å²) in [5, 5.41) is 12.2. The molecule has 1 unspecified atom stereocenters. The van der Waals surface area contributed by atoms with Crippen LogP contribution >= 0.6 is 0 Å². The number of ketones is 1. The molecule has 10 heteroatoms. The van der Waals surface area contributed by atoms with Crippen molar-refractivity contribution in [2.24, 2.45) is 5.11 Å². The Hall–Kier alpha value is -3.67. The van der Waals surface area contributed by atoms with Crippen LogP contribution < -0.4 is 4.90 Å². The fraction of sp³-hybridized carbons (Fsp3) is 0.381. The molecule has 1 heterocycles. The van der Waals surface area contributed by atoms with Gasteiger partial charge in [0.25, 0.3) is 0 Å². The maximum atomic E-state index is 13.5. The highest BCUT2D eigenvalue weighted by Crippen LogP contribution is 2.36. The molecule has 0 bridgehead atoms. The zero-order valence-corrected chi connectivity index (χ0v) is 17.5. The number of rotatable bonds is 9. The van der Waals surface area contributed by atoms with Crippen molar-refractivity contribution in [3.05, 3.63) is 63.1 Å². The zero-order chi connectivity index (χ0) is 23.0. The molecule has 0 amide bonds. The fourth-order valence-electron chi connectivity index (χ4n) is 3.12. The summed E-state index contributed by atoms with van der Waals surface area (Å²) in [6, 6.07) is 7.44. The number of esters is 1. The maximum Gasteiger partial charge on any atom is 0.336 e. The van der Waals surface area contributed by atoms with Crippen LogP contribution in [-0.2, 0) is 19.1 Å². The molecule has 162 valence electrons. The molecule has 0 radical (unpaired) electrons.